The van der Waals surface area contributed by atoms with Crippen molar-refractivity contribution in [2.45, 2.75) is 25.7 Å². The Bertz CT molecular complexity index is 504. The average Bonchev–Trinajstić information content (AvgIpc) is 2.63. The zero-order valence-electron chi connectivity index (χ0n) is 10.6. The van der Waals surface area contributed by atoms with E-state index >= 15 is 0 Å². The monoisotopic (exact) mass is 341 g/mol. The summed E-state index contributed by atoms with van der Waals surface area (Å²) in [5, 5.41) is 0. The Morgan fingerprint density at radius 1 is 1.00 bits per heavy atom. The molecule has 1 aromatic carbocycles. The molecule has 0 saturated carbocycles. The maximum absolute atomic E-state index is 12.2. The van der Waals surface area contributed by atoms with Crippen LogP contribution in [0, 0.1) is 0 Å². The second kappa shape index (κ2) is 6.57. The largest absolute Gasteiger partial charge is 0.274 e. The molecule has 1 aliphatic rings. The first-order valence-electron chi connectivity index (χ1n) is 6.41. The van der Waals surface area contributed by atoms with Crippen LogP contribution in [-0.2, 0) is 0 Å². The van der Waals surface area contributed by atoms with Crippen LogP contribution in [0.1, 0.15) is 46.4 Å². The molecule has 2 amide bonds. The molecule has 1 aliphatic heterocycles. The normalized spacial score (nSPS) is 14.1. The molecule has 0 saturated heterocycles. The third-order valence-corrected chi connectivity index (χ3v) is 4.03. The van der Waals surface area contributed by atoms with Crippen LogP contribution in [0.4, 0.5) is 0 Å². The summed E-state index contributed by atoms with van der Waals surface area (Å²) in [5.41, 5.74) is 1.03. The molecular formula is C14H16BrNO2S. The number of imide groups is 1. The Morgan fingerprint density at radius 3 is 2.42 bits per heavy atom. The van der Waals surface area contributed by atoms with Gasteiger partial charge in [0.15, 0.2) is 0 Å². The Balaban J connectivity index is 1.98. The standard InChI is InChI=1S/C14H16BrNO2S/c15-10-5-6-11-12(9-10)14(18)16(13(11)17)7-3-1-2-4-8-19/h5-6,9,19H,1-4,7-8H2. The lowest BCUT2D eigenvalue weighted by atomic mass is 10.1. The lowest BCUT2D eigenvalue weighted by Gasteiger charge is -2.13. The highest BCUT2D eigenvalue weighted by atomic mass is 79.9. The van der Waals surface area contributed by atoms with Gasteiger partial charge in [0, 0.05) is 11.0 Å². The van der Waals surface area contributed by atoms with E-state index in [1.807, 2.05) is 0 Å². The van der Waals surface area contributed by atoms with Gasteiger partial charge in [-0.1, -0.05) is 28.8 Å². The van der Waals surface area contributed by atoms with Gasteiger partial charge in [-0.3, -0.25) is 14.5 Å². The van der Waals surface area contributed by atoms with Crippen molar-refractivity contribution in [3.63, 3.8) is 0 Å². The van der Waals surface area contributed by atoms with Gasteiger partial charge in [0.2, 0.25) is 0 Å². The van der Waals surface area contributed by atoms with Crippen LogP contribution in [0.3, 0.4) is 0 Å². The van der Waals surface area contributed by atoms with Gasteiger partial charge in [-0.05, 0) is 36.8 Å². The van der Waals surface area contributed by atoms with Gasteiger partial charge < -0.3 is 0 Å². The Morgan fingerprint density at radius 2 is 1.68 bits per heavy atom. The van der Waals surface area contributed by atoms with Crippen LogP contribution >= 0.6 is 28.6 Å². The van der Waals surface area contributed by atoms with Crippen LogP contribution in [0.5, 0.6) is 0 Å². The fourth-order valence-corrected chi connectivity index (χ4v) is 2.79. The summed E-state index contributed by atoms with van der Waals surface area (Å²) in [4.78, 5) is 25.6. The molecule has 0 atom stereocenters. The highest BCUT2D eigenvalue weighted by molar-refractivity contribution is 9.10. The molecule has 0 N–H and O–H groups in total. The molecule has 1 heterocycles. The summed E-state index contributed by atoms with van der Waals surface area (Å²) in [5.74, 6) is 0.554. The lowest BCUT2D eigenvalue weighted by Crippen LogP contribution is -2.30. The maximum Gasteiger partial charge on any atom is 0.261 e. The van der Waals surface area contributed by atoms with Crippen LogP contribution in [0.2, 0.25) is 0 Å². The van der Waals surface area contributed by atoms with Gasteiger partial charge in [-0.25, -0.2) is 0 Å². The lowest BCUT2D eigenvalue weighted by molar-refractivity contribution is 0.0651. The molecule has 5 heteroatoms. The number of carbonyl (C=O) groups is 2. The maximum atomic E-state index is 12.2. The number of unbranched alkanes of at least 4 members (excludes halogenated alkanes) is 3. The molecular weight excluding hydrogens is 326 g/mol. The Hall–Kier alpha value is -0.810. The van der Waals surface area contributed by atoms with Crippen molar-refractivity contribution in [3.05, 3.63) is 33.8 Å². The fraction of sp³-hybridized carbons (Fsp3) is 0.429. The van der Waals surface area contributed by atoms with Crippen LogP contribution < -0.4 is 0 Å². The number of fused-ring (bicyclic) bond motifs is 1. The van der Waals surface area contributed by atoms with E-state index in [1.165, 1.54) is 4.90 Å². The minimum Gasteiger partial charge on any atom is -0.274 e. The number of nitrogens with zero attached hydrogens (tertiary/aromatic N) is 1. The third-order valence-electron chi connectivity index (χ3n) is 3.22. The second-order valence-electron chi connectivity index (χ2n) is 4.59. The molecule has 0 aromatic heterocycles. The molecule has 3 nitrogen and oxygen atoms in total. The predicted octanol–water partition coefficient (Wildman–Crippen LogP) is 3.54. The summed E-state index contributed by atoms with van der Waals surface area (Å²) in [7, 11) is 0. The summed E-state index contributed by atoms with van der Waals surface area (Å²) in [6.07, 6.45) is 4.06. The molecule has 0 spiro atoms. The predicted molar refractivity (Wildman–Crippen MR) is 81.8 cm³/mol. The Labute approximate surface area is 126 Å². The van der Waals surface area contributed by atoms with E-state index in [1.54, 1.807) is 18.2 Å². The second-order valence-corrected chi connectivity index (χ2v) is 5.95. The minimum absolute atomic E-state index is 0.165. The van der Waals surface area contributed by atoms with Crippen molar-refractivity contribution < 1.29 is 9.59 Å². The zero-order chi connectivity index (χ0) is 13.8. The molecule has 19 heavy (non-hydrogen) atoms. The first kappa shape index (κ1) is 14.6. The van der Waals surface area contributed by atoms with E-state index in [0.717, 1.165) is 35.9 Å². The van der Waals surface area contributed by atoms with Crippen molar-refractivity contribution in [2.75, 3.05) is 12.3 Å². The summed E-state index contributed by atoms with van der Waals surface area (Å²) in [6, 6.07) is 5.22. The molecule has 102 valence electrons. The van der Waals surface area contributed by atoms with E-state index in [-0.39, 0.29) is 11.8 Å². The van der Waals surface area contributed by atoms with Gasteiger partial charge in [0.05, 0.1) is 11.1 Å². The number of hydrogen-bond acceptors (Lipinski definition) is 3. The number of carbonyl (C=O) groups excluding carboxylic acids is 2. The molecule has 0 unspecified atom stereocenters. The average molecular weight is 342 g/mol. The Kier molecular flexibility index (Phi) is 5.05. The van der Waals surface area contributed by atoms with Gasteiger partial charge in [-0.15, -0.1) is 0 Å². The number of amides is 2. The van der Waals surface area contributed by atoms with Gasteiger partial charge >= 0.3 is 0 Å². The minimum atomic E-state index is -0.171. The molecule has 0 radical (unpaired) electrons. The summed E-state index contributed by atoms with van der Waals surface area (Å²) >= 11 is 7.48. The van der Waals surface area contributed by atoms with Gasteiger partial charge in [0.1, 0.15) is 0 Å². The van der Waals surface area contributed by atoms with Gasteiger partial charge in [-0.2, -0.15) is 12.6 Å². The van der Waals surface area contributed by atoms with Crippen LogP contribution in [0.25, 0.3) is 0 Å². The number of hydrogen-bond donors (Lipinski definition) is 1. The van der Waals surface area contributed by atoms with E-state index in [0.29, 0.717) is 17.7 Å². The van der Waals surface area contributed by atoms with Crippen LogP contribution in [-0.4, -0.2) is 29.0 Å². The molecule has 0 fully saturated rings. The van der Waals surface area contributed by atoms with E-state index in [4.69, 9.17) is 0 Å². The van der Waals surface area contributed by atoms with E-state index in [2.05, 4.69) is 28.6 Å². The molecule has 2 rings (SSSR count). The summed E-state index contributed by atoms with van der Waals surface area (Å²) < 4.78 is 0.822. The third kappa shape index (κ3) is 3.20. The number of rotatable bonds is 6. The van der Waals surface area contributed by atoms with Gasteiger partial charge in [0.25, 0.3) is 11.8 Å². The van der Waals surface area contributed by atoms with Crippen molar-refractivity contribution in [1.29, 1.82) is 0 Å². The number of halogens is 1. The topological polar surface area (TPSA) is 37.4 Å². The molecule has 1 aromatic rings. The van der Waals surface area contributed by atoms with Crippen molar-refractivity contribution in [2.24, 2.45) is 0 Å². The van der Waals surface area contributed by atoms with Crippen molar-refractivity contribution >= 4 is 40.4 Å². The van der Waals surface area contributed by atoms with Crippen LogP contribution in [0.15, 0.2) is 22.7 Å². The first-order chi connectivity index (χ1) is 9.15. The molecule has 0 aliphatic carbocycles. The van der Waals surface area contributed by atoms with Crippen molar-refractivity contribution in [1.82, 2.24) is 4.90 Å². The number of thiol groups is 1. The quantitative estimate of drug-likeness (QED) is 0.488. The first-order valence-corrected chi connectivity index (χ1v) is 7.84. The zero-order valence-corrected chi connectivity index (χ0v) is 13.0. The highest BCUT2D eigenvalue weighted by Crippen LogP contribution is 2.26. The number of benzene rings is 1. The smallest absolute Gasteiger partial charge is 0.261 e. The molecule has 0 bridgehead atoms. The van der Waals surface area contributed by atoms with Crippen molar-refractivity contribution in [3.8, 4) is 0 Å². The SMILES string of the molecule is O=C1c2ccc(Br)cc2C(=O)N1CCCCCCS. The van der Waals surface area contributed by atoms with E-state index < -0.39 is 0 Å². The highest BCUT2D eigenvalue weighted by Gasteiger charge is 2.34. The fourth-order valence-electron chi connectivity index (χ4n) is 2.20. The van der Waals surface area contributed by atoms with E-state index in [9.17, 15) is 9.59 Å². The summed E-state index contributed by atoms with van der Waals surface area (Å²) in [6.45, 7) is 0.510.